The number of thiazole rings is 1. The van der Waals surface area contributed by atoms with Crippen LogP contribution in [-0.4, -0.2) is 17.1 Å². The fourth-order valence-electron chi connectivity index (χ4n) is 2.35. The summed E-state index contributed by atoms with van der Waals surface area (Å²) in [5.74, 6) is -0.294. The Hall–Kier alpha value is -2.97. The van der Waals surface area contributed by atoms with E-state index < -0.39 is 5.82 Å². The Morgan fingerprint density at radius 1 is 1.39 bits per heavy atom. The van der Waals surface area contributed by atoms with E-state index in [0.29, 0.717) is 32.0 Å². The highest BCUT2D eigenvalue weighted by molar-refractivity contribution is 7.17. The summed E-state index contributed by atoms with van der Waals surface area (Å²) in [6.45, 7) is 1.70. The normalized spacial score (nSPS) is 11.0. The molecule has 0 aliphatic carbocycles. The number of aromatic nitrogens is 1. The lowest BCUT2D eigenvalue weighted by Crippen LogP contribution is -2.17. The molecule has 28 heavy (non-hydrogen) atoms. The molecule has 0 saturated carbocycles. The van der Waals surface area contributed by atoms with Gasteiger partial charge >= 0.3 is 0 Å². The van der Waals surface area contributed by atoms with Crippen LogP contribution < -0.4 is 15.9 Å². The van der Waals surface area contributed by atoms with Crippen molar-refractivity contribution >= 4 is 40.2 Å². The summed E-state index contributed by atoms with van der Waals surface area (Å²) in [4.78, 5) is 16.5. The highest BCUT2D eigenvalue weighted by Crippen LogP contribution is 2.22. The van der Waals surface area contributed by atoms with Gasteiger partial charge < -0.3 is 10.5 Å². The molecule has 1 heterocycles. The van der Waals surface area contributed by atoms with Crippen LogP contribution in [0.4, 0.5) is 9.52 Å². The highest BCUT2D eigenvalue weighted by atomic mass is 35.5. The zero-order valence-corrected chi connectivity index (χ0v) is 16.4. The number of nitrogens with two attached hydrogens (primary N) is 1. The number of nitrogen functional groups attached to an aromatic ring is 1. The van der Waals surface area contributed by atoms with Gasteiger partial charge in [0.15, 0.2) is 5.13 Å². The number of anilines is 1. The number of carbonyl (C=O) groups is 1. The van der Waals surface area contributed by atoms with E-state index in [1.54, 1.807) is 37.3 Å². The van der Waals surface area contributed by atoms with Crippen molar-refractivity contribution in [2.45, 2.75) is 13.5 Å². The first-order chi connectivity index (χ1) is 13.4. The molecule has 0 fully saturated rings. The zero-order chi connectivity index (χ0) is 20.1. The smallest absolute Gasteiger partial charge is 0.283 e. The van der Waals surface area contributed by atoms with Gasteiger partial charge in [0.2, 0.25) is 0 Å². The molecule has 0 unspecified atom stereocenters. The lowest BCUT2D eigenvalue weighted by atomic mass is 10.2. The predicted molar refractivity (Wildman–Crippen MR) is 109 cm³/mol. The Balaban J connectivity index is 1.62. The lowest BCUT2D eigenvalue weighted by molar-refractivity contribution is 0.0958. The Kier molecular flexibility index (Phi) is 6.23. The second-order valence-electron chi connectivity index (χ2n) is 5.73. The molecule has 3 N–H and O–H groups in total. The van der Waals surface area contributed by atoms with Crippen LogP contribution in [0.5, 0.6) is 5.75 Å². The van der Waals surface area contributed by atoms with Crippen LogP contribution in [-0.2, 0) is 6.61 Å². The standard InChI is InChI=1S/C19H16ClFN4O2S/c1-11-17(28-19(22)24-11)18(26)25-23-9-12-4-2-5-13(8-12)27-10-14-15(20)6-3-7-16(14)21/h2-9H,10H2,1H3,(H2,22,24)(H,25,26)/b23-9-. The zero-order valence-electron chi connectivity index (χ0n) is 14.8. The van der Waals surface area contributed by atoms with Crippen LogP contribution in [0.25, 0.3) is 0 Å². The molecule has 0 radical (unpaired) electrons. The van der Waals surface area contributed by atoms with Crippen LogP contribution in [0.3, 0.4) is 0 Å². The number of halogens is 2. The number of aryl methyl sites for hydroxylation is 1. The second-order valence-corrected chi connectivity index (χ2v) is 7.16. The number of nitrogens with zero attached hydrogens (tertiary/aromatic N) is 2. The molecule has 3 rings (SSSR count). The second kappa shape index (κ2) is 8.81. The molecule has 0 bridgehead atoms. The van der Waals surface area contributed by atoms with Crippen molar-refractivity contribution in [1.29, 1.82) is 0 Å². The van der Waals surface area contributed by atoms with Crippen molar-refractivity contribution in [3.63, 3.8) is 0 Å². The van der Waals surface area contributed by atoms with Crippen molar-refractivity contribution < 1.29 is 13.9 Å². The molecule has 0 aliphatic rings. The number of ether oxygens (including phenoxy) is 1. The molecular weight excluding hydrogens is 403 g/mol. The molecule has 0 atom stereocenters. The number of nitrogens with one attached hydrogen (secondary N) is 1. The van der Waals surface area contributed by atoms with Crippen molar-refractivity contribution in [3.8, 4) is 5.75 Å². The average molecular weight is 419 g/mol. The van der Waals surface area contributed by atoms with Crippen LogP contribution >= 0.6 is 22.9 Å². The Morgan fingerprint density at radius 3 is 2.89 bits per heavy atom. The molecule has 0 saturated heterocycles. The van der Waals surface area contributed by atoms with Crippen LogP contribution in [0.1, 0.15) is 26.5 Å². The maximum atomic E-state index is 13.8. The molecule has 2 aromatic carbocycles. The van der Waals surface area contributed by atoms with Crippen molar-refractivity contribution in [2.24, 2.45) is 5.10 Å². The third-order valence-electron chi connectivity index (χ3n) is 3.70. The minimum atomic E-state index is -0.424. The fraction of sp³-hybridized carbons (Fsp3) is 0.105. The first kappa shape index (κ1) is 19.8. The summed E-state index contributed by atoms with van der Waals surface area (Å²) in [7, 11) is 0. The van der Waals surface area contributed by atoms with E-state index in [9.17, 15) is 9.18 Å². The molecule has 0 spiro atoms. The summed E-state index contributed by atoms with van der Waals surface area (Å²) < 4.78 is 19.4. The van der Waals surface area contributed by atoms with Gasteiger partial charge in [0.25, 0.3) is 5.91 Å². The number of hydrogen-bond donors (Lipinski definition) is 2. The van der Waals surface area contributed by atoms with E-state index in [4.69, 9.17) is 22.1 Å². The molecule has 3 aromatic rings. The first-order valence-corrected chi connectivity index (χ1v) is 9.35. The Bertz CT molecular complexity index is 1020. The van der Waals surface area contributed by atoms with Gasteiger partial charge in [0, 0.05) is 5.56 Å². The van der Waals surface area contributed by atoms with Gasteiger partial charge in [0.05, 0.1) is 16.9 Å². The van der Waals surface area contributed by atoms with E-state index in [1.165, 1.54) is 18.3 Å². The number of benzene rings is 2. The number of rotatable bonds is 6. The maximum absolute atomic E-state index is 13.8. The number of hydrazone groups is 1. The topological polar surface area (TPSA) is 89.6 Å². The third-order valence-corrected chi connectivity index (χ3v) is 5.04. The SMILES string of the molecule is Cc1nc(N)sc1C(=O)N/N=C\c1cccc(OCc2c(F)cccc2Cl)c1. The first-order valence-electron chi connectivity index (χ1n) is 8.16. The Labute approximate surface area is 169 Å². The molecule has 1 aromatic heterocycles. The number of amides is 1. The minimum Gasteiger partial charge on any atom is -0.489 e. The highest BCUT2D eigenvalue weighted by Gasteiger charge is 2.13. The molecule has 6 nitrogen and oxygen atoms in total. The summed E-state index contributed by atoms with van der Waals surface area (Å²) in [6, 6.07) is 11.5. The van der Waals surface area contributed by atoms with E-state index in [2.05, 4.69) is 15.5 Å². The van der Waals surface area contributed by atoms with Crippen molar-refractivity contribution in [2.75, 3.05) is 5.73 Å². The number of hydrogen-bond acceptors (Lipinski definition) is 6. The minimum absolute atomic E-state index is 0.00504. The van der Waals surface area contributed by atoms with Gasteiger partial charge in [-0.2, -0.15) is 5.10 Å². The fourth-order valence-corrected chi connectivity index (χ4v) is 3.30. The molecule has 1 amide bonds. The summed E-state index contributed by atoms with van der Waals surface area (Å²) in [6.07, 6.45) is 1.47. The van der Waals surface area contributed by atoms with Gasteiger partial charge in [-0.3, -0.25) is 4.79 Å². The quantitative estimate of drug-likeness (QED) is 0.464. The van der Waals surface area contributed by atoms with Crippen molar-refractivity contribution in [3.05, 3.63) is 75.0 Å². The van der Waals surface area contributed by atoms with Crippen LogP contribution in [0, 0.1) is 12.7 Å². The van der Waals surface area contributed by atoms with Gasteiger partial charge in [-0.1, -0.05) is 41.1 Å². The van der Waals surface area contributed by atoms with E-state index in [0.717, 1.165) is 11.3 Å². The average Bonchev–Trinajstić information content (AvgIpc) is 3.00. The van der Waals surface area contributed by atoms with Gasteiger partial charge in [-0.25, -0.2) is 14.8 Å². The largest absolute Gasteiger partial charge is 0.489 e. The number of carbonyl (C=O) groups excluding carboxylic acids is 1. The monoisotopic (exact) mass is 418 g/mol. The lowest BCUT2D eigenvalue weighted by Gasteiger charge is -2.09. The molecular formula is C19H16ClFN4O2S. The molecule has 144 valence electrons. The van der Waals surface area contributed by atoms with Crippen LogP contribution in [0.2, 0.25) is 5.02 Å². The summed E-state index contributed by atoms with van der Waals surface area (Å²) in [5.41, 5.74) is 9.55. The van der Waals surface area contributed by atoms with E-state index >= 15 is 0 Å². The third kappa shape index (κ3) is 4.85. The molecule has 0 aliphatic heterocycles. The Morgan fingerprint density at radius 2 is 2.18 bits per heavy atom. The summed E-state index contributed by atoms with van der Waals surface area (Å²) in [5, 5.41) is 4.56. The molecule has 9 heteroatoms. The van der Waals surface area contributed by atoms with Crippen molar-refractivity contribution in [1.82, 2.24) is 10.4 Å². The van der Waals surface area contributed by atoms with Gasteiger partial charge in [0.1, 0.15) is 23.1 Å². The van der Waals surface area contributed by atoms with E-state index in [1.807, 2.05) is 0 Å². The van der Waals surface area contributed by atoms with Crippen LogP contribution in [0.15, 0.2) is 47.6 Å². The van der Waals surface area contributed by atoms with Gasteiger partial charge in [-0.05, 0) is 36.8 Å². The summed E-state index contributed by atoms with van der Waals surface area (Å²) >= 11 is 7.09. The maximum Gasteiger partial charge on any atom is 0.283 e. The van der Waals surface area contributed by atoms with Gasteiger partial charge in [-0.15, -0.1) is 0 Å². The van der Waals surface area contributed by atoms with E-state index in [-0.39, 0.29) is 18.1 Å². The predicted octanol–water partition coefficient (Wildman–Crippen LogP) is 4.17.